The molecule has 0 radical (unpaired) electrons. The summed E-state index contributed by atoms with van der Waals surface area (Å²) in [6.45, 7) is 6.60. The number of hydrogen-bond acceptors (Lipinski definition) is 6. The fraction of sp³-hybridized carbons (Fsp3) is 0.500. The predicted molar refractivity (Wildman–Crippen MR) is 120 cm³/mol. The number of likely N-dealkylation sites (N-methyl/N-ethyl adjacent to an activating group) is 1. The summed E-state index contributed by atoms with van der Waals surface area (Å²) in [6.07, 6.45) is -2.77. The van der Waals surface area contributed by atoms with Crippen molar-refractivity contribution >= 4 is 15.8 Å². The van der Waals surface area contributed by atoms with E-state index in [0.29, 0.717) is 18.0 Å². The average molecular weight is 487 g/mol. The Hall–Kier alpha value is -2.37. The number of halogens is 3. The maximum atomic E-state index is 12.6. The fourth-order valence-electron chi connectivity index (χ4n) is 3.76. The minimum atomic E-state index is -4.42. The molecule has 1 fully saturated rings. The Morgan fingerprint density at radius 3 is 2.64 bits per heavy atom. The topological polar surface area (TPSA) is 74.8 Å². The second-order valence-corrected chi connectivity index (χ2v) is 9.74. The van der Waals surface area contributed by atoms with E-state index in [-0.39, 0.29) is 17.2 Å². The van der Waals surface area contributed by atoms with E-state index in [4.69, 9.17) is 4.74 Å². The van der Waals surface area contributed by atoms with Crippen molar-refractivity contribution in [2.24, 2.45) is 0 Å². The van der Waals surface area contributed by atoms with Gasteiger partial charge in [-0.2, -0.15) is 13.2 Å². The third-order valence-electron chi connectivity index (χ3n) is 5.53. The largest absolute Gasteiger partial charge is 0.484 e. The van der Waals surface area contributed by atoms with Crippen LogP contribution in [0.4, 0.5) is 19.0 Å². The van der Waals surface area contributed by atoms with Crippen LogP contribution in [0, 0.1) is 0 Å². The number of rotatable bonds is 9. The first-order valence-electron chi connectivity index (χ1n) is 10.8. The third kappa shape index (κ3) is 7.31. The molecule has 1 saturated heterocycles. The number of aromatic nitrogens is 1. The van der Waals surface area contributed by atoms with Gasteiger partial charge in [0.05, 0.1) is 0 Å². The molecule has 2 heterocycles. The summed E-state index contributed by atoms with van der Waals surface area (Å²) in [5, 5.41) is 0. The highest BCUT2D eigenvalue weighted by Crippen LogP contribution is 2.20. The van der Waals surface area contributed by atoms with Gasteiger partial charge < -0.3 is 9.64 Å². The lowest BCUT2D eigenvalue weighted by Crippen LogP contribution is -2.51. The Morgan fingerprint density at radius 1 is 1.21 bits per heavy atom. The van der Waals surface area contributed by atoms with Crippen molar-refractivity contribution in [2.75, 3.05) is 44.2 Å². The van der Waals surface area contributed by atoms with Gasteiger partial charge in [0.2, 0.25) is 10.0 Å². The second kappa shape index (κ2) is 10.7. The first-order valence-corrected chi connectivity index (χ1v) is 12.3. The predicted octanol–water partition coefficient (Wildman–Crippen LogP) is 3.07. The molecule has 1 aliphatic heterocycles. The number of nitrogens with one attached hydrogen (secondary N) is 1. The SMILES string of the molecule is CCN1CCN(c2ccc(S(=O)(=O)NCCc3cccc(OCC(F)(F)F)c3)cn2)CC1C. The van der Waals surface area contributed by atoms with E-state index in [2.05, 4.69) is 33.4 Å². The average Bonchev–Trinajstić information content (AvgIpc) is 2.77. The van der Waals surface area contributed by atoms with Gasteiger partial charge in [-0.1, -0.05) is 19.1 Å². The molecule has 0 aliphatic carbocycles. The summed E-state index contributed by atoms with van der Waals surface area (Å²) < 4.78 is 69.4. The molecule has 33 heavy (non-hydrogen) atoms. The van der Waals surface area contributed by atoms with E-state index in [1.54, 1.807) is 18.2 Å². The van der Waals surface area contributed by atoms with Crippen molar-refractivity contribution in [3.63, 3.8) is 0 Å². The van der Waals surface area contributed by atoms with Gasteiger partial charge in [0, 0.05) is 38.4 Å². The number of ether oxygens (including phenoxy) is 1. The number of benzene rings is 1. The van der Waals surface area contributed by atoms with Gasteiger partial charge in [-0.15, -0.1) is 0 Å². The first kappa shape index (κ1) is 25.3. The van der Waals surface area contributed by atoms with Crippen LogP contribution in [0.15, 0.2) is 47.5 Å². The van der Waals surface area contributed by atoms with E-state index in [9.17, 15) is 21.6 Å². The number of pyridine rings is 1. The molecule has 0 spiro atoms. The van der Waals surface area contributed by atoms with Crippen LogP contribution in [0.2, 0.25) is 0 Å². The molecule has 11 heteroatoms. The number of sulfonamides is 1. The molecule has 0 amide bonds. The lowest BCUT2D eigenvalue weighted by Gasteiger charge is -2.39. The van der Waals surface area contributed by atoms with Crippen LogP contribution in [0.3, 0.4) is 0 Å². The highest BCUT2D eigenvalue weighted by molar-refractivity contribution is 7.89. The second-order valence-electron chi connectivity index (χ2n) is 7.97. The summed E-state index contributed by atoms with van der Waals surface area (Å²) in [5.74, 6) is 0.828. The van der Waals surface area contributed by atoms with E-state index in [1.807, 2.05) is 0 Å². The maximum absolute atomic E-state index is 12.6. The molecule has 1 unspecified atom stereocenters. The normalized spacial score (nSPS) is 17.8. The van der Waals surface area contributed by atoms with E-state index < -0.39 is 22.8 Å². The summed E-state index contributed by atoms with van der Waals surface area (Å²) in [5.41, 5.74) is 0.659. The van der Waals surface area contributed by atoms with Crippen LogP contribution in [0.25, 0.3) is 0 Å². The smallest absolute Gasteiger partial charge is 0.422 e. The Bertz CT molecular complexity index is 1020. The Morgan fingerprint density at radius 2 is 2.00 bits per heavy atom. The summed E-state index contributed by atoms with van der Waals surface area (Å²) in [7, 11) is -3.76. The van der Waals surface area contributed by atoms with Gasteiger partial charge in [0.25, 0.3) is 0 Å². The fourth-order valence-corrected chi connectivity index (χ4v) is 4.74. The van der Waals surface area contributed by atoms with Gasteiger partial charge in [-0.3, -0.25) is 4.90 Å². The lowest BCUT2D eigenvalue weighted by atomic mass is 10.1. The van der Waals surface area contributed by atoms with Gasteiger partial charge in [0.15, 0.2) is 6.61 Å². The third-order valence-corrected chi connectivity index (χ3v) is 6.98. The number of anilines is 1. The van der Waals surface area contributed by atoms with Crippen LogP contribution >= 0.6 is 0 Å². The van der Waals surface area contributed by atoms with Crippen LogP contribution < -0.4 is 14.4 Å². The molecule has 7 nitrogen and oxygen atoms in total. The number of piperazine rings is 1. The molecule has 1 aromatic heterocycles. The van der Waals surface area contributed by atoms with Crippen molar-refractivity contribution < 1.29 is 26.3 Å². The summed E-state index contributed by atoms with van der Waals surface area (Å²) >= 11 is 0. The molecule has 1 N–H and O–H groups in total. The zero-order valence-electron chi connectivity index (χ0n) is 18.7. The molecule has 182 valence electrons. The summed E-state index contributed by atoms with van der Waals surface area (Å²) in [4.78, 5) is 8.95. The highest BCUT2D eigenvalue weighted by Gasteiger charge is 2.28. The van der Waals surface area contributed by atoms with Crippen molar-refractivity contribution in [1.82, 2.24) is 14.6 Å². The molecule has 2 aromatic rings. The van der Waals surface area contributed by atoms with Crippen LogP contribution in [-0.4, -0.2) is 69.9 Å². The first-order chi connectivity index (χ1) is 15.6. The number of nitrogens with zero attached hydrogens (tertiary/aromatic N) is 3. The monoisotopic (exact) mass is 486 g/mol. The molecule has 1 atom stereocenters. The maximum Gasteiger partial charge on any atom is 0.422 e. The van der Waals surface area contributed by atoms with Crippen molar-refractivity contribution in [2.45, 2.75) is 37.4 Å². The van der Waals surface area contributed by atoms with E-state index in [0.717, 1.165) is 32.0 Å². The summed E-state index contributed by atoms with van der Waals surface area (Å²) in [6, 6.07) is 9.81. The zero-order valence-corrected chi connectivity index (χ0v) is 19.5. The molecule has 0 saturated carbocycles. The van der Waals surface area contributed by atoms with Crippen LogP contribution in [-0.2, 0) is 16.4 Å². The molecule has 1 aliphatic rings. The minimum Gasteiger partial charge on any atom is -0.484 e. The van der Waals surface area contributed by atoms with Gasteiger partial charge in [-0.25, -0.2) is 18.1 Å². The molecular weight excluding hydrogens is 457 g/mol. The van der Waals surface area contributed by atoms with E-state index in [1.165, 1.54) is 24.4 Å². The lowest BCUT2D eigenvalue weighted by molar-refractivity contribution is -0.153. The zero-order chi connectivity index (χ0) is 24.1. The van der Waals surface area contributed by atoms with Crippen molar-refractivity contribution in [1.29, 1.82) is 0 Å². The molecule has 0 bridgehead atoms. The van der Waals surface area contributed by atoms with Crippen LogP contribution in [0.5, 0.6) is 5.75 Å². The van der Waals surface area contributed by atoms with Gasteiger partial charge in [-0.05, 0) is 49.7 Å². The van der Waals surface area contributed by atoms with Crippen molar-refractivity contribution in [3.8, 4) is 5.75 Å². The number of alkyl halides is 3. The quantitative estimate of drug-likeness (QED) is 0.587. The van der Waals surface area contributed by atoms with Gasteiger partial charge in [0.1, 0.15) is 16.5 Å². The Balaban J connectivity index is 1.54. The Labute approximate surface area is 192 Å². The number of hydrogen-bond donors (Lipinski definition) is 1. The minimum absolute atomic E-state index is 0.0637. The molecule has 3 rings (SSSR count). The molecular formula is C22H29F3N4O3S. The van der Waals surface area contributed by atoms with Crippen molar-refractivity contribution in [3.05, 3.63) is 48.2 Å². The van der Waals surface area contributed by atoms with E-state index >= 15 is 0 Å². The van der Waals surface area contributed by atoms with Crippen LogP contribution in [0.1, 0.15) is 19.4 Å². The molecule has 1 aromatic carbocycles. The Kier molecular flexibility index (Phi) is 8.19. The van der Waals surface area contributed by atoms with Gasteiger partial charge >= 0.3 is 6.18 Å². The highest BCUT2D eigenvalue weighted by atomic mass is 32.2. The standard InChI is InChI=1S/C22H29F3N4O3S/c1-3-28-11-12-29(15-17(28)2)21-8-7-20(14-26-21)33(30,31)27-10-9-18-5-4-6-19(13-18)32-16-22(23,24)25/h4-8,13-14,17,27H,3,9-12,15-16H2,1-2H3.